The molecule has 0 atom stereocenters. The molecule has 0 spiro atoms. The molecular formula is C27H23ClFN3O3. The lowest BCUT2D eigenvalue weighted by molar-refractivity contribution is -0.119. The predicted molar refractivity (Wildman–Crippen MR) is 135 cm³/mol. The Morgan fingerprint density at radius 2 is 1.66 bits per heavy atom. The quantitative estimate of drug-likeness (QED) is 0.282. The van der Waals surface area contributed by atoms with Gasteiger partial charge in [0, 0.05) is 16.3 Å². The van der Waals surface area contributed by atoms with Gasteiger partial charge in [0.05, 0.1) is 25.2 Å². The molecule has 4 rings (SSSR count). The van der Waals surface area contributed by atoms with Crippen molar-refractivity contribution in [3.8, 4) is 11.3 Å². The largest absolute Gasteiger partial charge is 0.459 e. The van der Waals surface area contributed by atoms with Crippen molar-refractivity contribution in [2.45, 2.75) is 13.0 Å². The maximum atomic E-state index is 14.2. The fraction of sp³-hybridized carbons (Fsp3) is 0.111. The van der Waals surface area contributed by atoms with Crippen molar-refractivity contribution >= 4 is 34.8 Å². The monoisotopic (exact) mass is 491 g/mol. The summed E-state index contributed by atoms with van der Waals surface area (Å²) in [7, 11) is 0. The number of amides is 2. The van der Waals surface area contributed by atoms with E-state index in [0.29, 0.717) is 22.2 Å². The maximum Gasteiger partial charge on any atom is 0.239 e. The molecule has 0 aliphatic heterocycles. The summed E-state index contributed by atoms with van der Waals surface area (Å²) < 4.78 is 20.0. The van der Waals surface area contributed by atoms with E-state index in [1.165, 1.54) is 18.2 Å². The third-order valence-electron chi connectivity index (χ3n) is 5.15. The molecule has 0 unspecified atom stereocenters. The van der Waals surface area contributed by atoms with Crippen LogP contribution in [-0.2, 0) is 22.6 Å². The van der Waals surface area contributed by atoms with Crippen molar-refractivity contribution in [2.24, 2.45) is 0 Å². The van der Waals surface area contributed by atoms with E-state index in [9.17, 15) is 14.0 Å². The van der Waals surface area contributed by atoms with Gasteiger partial charge < -0.3 is 20.4 Å². The summed E-state index contributed by atoms with van der Waals surface area (Å²) in [5, 5.41) is 8.92. The van der Waals surface area contributed by atoms with Crippen LogP contribution in [-0.4, -0.2) is 18.4 Å². The van der Waals surface area contributed by atoms with E-state index in [-0.39, 0.29) is 37.0 Å². The van der Waals surface area contributed by atoms with Gasteiger partial charge in [-0.25, -0.2) is 4.39 Å². The summed E-state index contributed by atoms with van der Waals surface area (Å²) in [6, 6.07) is 24.3. The minimum absolute atomic E-state index is 0.0339. The number of anilines is 2. The molecule has 35 heavy (non-hydrogen) atoms. The Balaban J connectivity index is 1.26. The summed E-state index contributed by atoms with van der Waals surface area (Å²) in [6.45, 7) is 0.187. The van der Waals surface area contributed by atoms with Crippen LogP contribution < -0.4 is 16.0 Å². The molecule has 6 nitrogen and oxygen atoms in total. The molecule has 3 N–H and O–H groups in total. The highest BCUT2D eigenvalue weighted by atomic mass is 35.5. The predicted octanol–water partition coefficient (Wildman–Crippen LogP) is 5.65. The lowest BCUT2D eigenvalue weighted by atomic mass is 10.1. The molecule has 0 bridgehead atoms. The lowest BCUT2D eigenvalue weighted by Crippen LogP contribution is -2.29. The fourth-order valence-electron chi connectivity index (χ4n) is 3.38. The average molecular weight is 492 g/mol. The average Bonchev–Trinajstić information content (AvgIpc) is 3.33. The van der Waals surface area contributed by atoms with Gasteiger partial charge in [-0.1, -0.05) is 41.9 Å². The molecule has 0 fully saturated rings. The van der Waals surface area contributed by atoms with Gasteiger partial charge in [0.15, 0.2) is 0 Å². The molecule has 1 heterocycles. The first-order valence-electron chi connectivity index (χ1n) is 10.9. The number of carbonyl (C=O) groups excluding carboxylic acids is 2. The van der Waals surface area contributed by atoms with Gasteiger partial charge in [0.2, 0.25) is 11.8 Å². The third-order valence-corrected chi connectivity index (χ3v) is 5.40. The number of benzene rings is 3. The number of carbonyl (C=O) groups is 2. The zero-order chi connectivity index (χ0) is 24.6. The lowest BCUT2D eigenvalue weighted by Gasteiger charge is -2.11. The second-order valence-corrected chi connectivity index (χ2v) is 8.24. The normalized spacial score (nSPS) is 10.6. The summed E-state index contributed by atoms with van der Waals surface area (Å²) in [4.78, 5) is 24.5. The fourth-order valence-corrected chi connectivity index (χ4v) is 3.51. The van der Waals surface area contributed by atoms with E-state index in [4.69, 9.17) is 16.0 Å². The number of nitrogens with one attached hydrogen (secondary N) is 3. The zero-order valence-corrected chi connectivity index (χ0v) is 19.4. The Morgan fingerprint density at radius 3 is 2.43 bits per heavy atom. The van der Waals surface area contributed by atoms with Crippen LogP contribution in [0.3, 0.4) is 0 Å². The topological polar surface area (TPSA) is 83.4 Å². The van der Waals surface area contributed by atoms with Gasteiger partial charge >= 0.3 is 0 Å². The molecule has 0 aliphatic carbocycles. The van der Waals surface area contributed by atoms with Crippen molar-refractivity contribution in [2.75, 3.05) is 17.2 Å². The first-order chi connectivity index (χ1) is 17.0. The molecule has 0 saturated heterocycles. The van der Waals surface area contributed by atoms with Crippen LogP contribution in [0.1, 0.15) is 11.3 Å². The minimum atomic E-state index is -0.560. The Bertz CT molecular complexity index is 1310. The van der Waals surface area contributed by atoms with Crippen LogP contribution in [0.15, 0.2) is 89.3 Å². The second kappa shape index (κ2) is 11.4. The van der Waals surface area contributed by atoms with Crippen LogP contribution in [0.25, 0.3) is 11.3 Å². The number of rotatable bonds is 9. The van der Waals surface area contributed by atoms with Crippen molar-refractivity contribution in [3.63, 3.8) is 0 Å². The first kappa shape index (κ1) is 24.0. The van der Waals surface area contributed by atoms with Crippen LogP contribution in [0.2, 0.25) is 5.02 Å². The van der Waals surface area contributed by atoms with Crippen molar-refractivity contribution in [1.29, 1.82) is 0 Å². The molecule has 1 aromatic heterocycles. The van der Waals surface area contributed by atoms with Gasteiger partial charge in [-0.2, -0.15) is 0 Å². The summed E-state index contributed by atoms with van der Waals surface area (Å²) in [5.74, 6) is 0.122. The van der Waals surface area contributed by atoms with Crippen LogP contribution in [0.4, 0.5) is 15.8 Å². The summed E-state index contributed by atoms with van der Waals surface area (Å²) >= 11 is 5.91. The Kier molecular flexibility index (Phi) is 7.80. The van der Waals surface area contributed by atoms with Crippen LogP contribution >= 0.6 is 11.6 Å². The molecule has 178 valence electrons. The molecule has 0 saturated carbocycles. The second-order valence-electron chi connectivity index (χ2n) is 7.81. The standard InChI is InChI=1S/C27H23ClFN3O3/c28-20-8-6-19(7-9-20)25-13-11-22(35-25)16-31-27(34)17-30-21-10-12-23(29)24(15-21)32-26(33)14-18-4-2-1-3-5-18/h1-13,15,30H,14,16-17H2,(H,31,34)(H,32,33). The van der Waals surface area contributed by atoms with Gasteiger partial charge in [-0.05, 0) is 60.2 Å². The Labute approximate surface area is 207 Å². The van der Waals surface area contributed by atoms with Crippen LogP contribution in [0, 0.1) is 5.82 Å². The minimum Gasteiger partial charge on any atom is -0.459 e. The number of halogens is 2. The molecular weight excluding hydrogens is 469 g/mol. The van der Waals surface area contributed by atoms with Gasteiger partial charge in [-0.15, -0.1) is 0 Å². The molecule has 0 aliphatic rings. The zero-order valence-electron chi connectivity index (χ0n) is 18.7. The van der Waals surface area contributed by atoms with E-state index in [0.717, 1.165) is 11.1 Å². The smallest absolute Gasteiger partial charge is 0.239 e. The molecule has 2 amide bonds. The van der Waals surface area contributed by atoms with E-state index >= 15 is 0 Å². The number of hydrogen-bond donors (Lipinski definition) is 3. The van der Waals surface area contributed by atoms with Gasteiger partial charge in [0.25, 0.3) is 0 Å². The molecule has 8 heteroatoms. The molecule has 4 aromatic rings. The van der Waals surface area contributed by atoms with Gasteiger partial charge in [0.1, 0.15) is 17.3 Å². The SMILES string of the molecule is O=C(CNc1ccc(F)c(NC(=O)Cc2ccccc2)c1)NCc1ccc(-c2ccc(Cl)cc2)o1. The third kappa shape index (κ3) is 6.94. The number of hydrogen-bond acceptors (Lipinski definition) is 4. The highest BCUT2D eigenvalue weighted by Gasteiger charge is 2.11. The first-order valence-corrected chi connectivity index (χ1v) is 11.3. The van der Waals surface area contributed by atoms with E-state index < -0.39 is 5.82 Å². The van der Waals surface area contributed by atoms with Gasteiger partial charge in [-0.3, -0.25) is 9.59 Å². The number of furan rings is 1. The van der Waals surface area contributed by atoms with E-state index in [1.54, 1.807) is 18.2 Å². The van der Waals surface area contributed by atoms with Crippen molar-refractivity contribution in [1.82, 2.24) is 5.32 Å². The molecule has 0 radical (unpaired) electrons. The Hall–Kier alpha value is -4.10. The van der Waals surface area contributed by atoms with Crippen molar-refractivity contribution in [3.05, 3.63) is 107 Å². The highest BCUT2D eigenvalue weighted by Crippen LogP contribution is 2.24. The summed E-state index contributed by atoms with van der Waals surface area (Å²) in [6.07, 6.45) is 0.132. The Morgan fingerprint density at radius 1 is 0.886 bits per heavy atom. The summed E-state index contributed by atoms with van der Waals surface area (Å²) in [5.41, 5.74) is 2.26. The molecule has 3 aromatic carbocycles. The van der Waals surface area contributed by atoms with Crippen molar-refractivity contribution < 1.29 is 18.4 Å². The maximum absolute atomic E-state index is 14.2. The highest BCUT2D eigenvalue weighted by molar-refractivity contribution is 6.30. The van der Waals surface area contributed by atoms with Crippen LogP contribution in [0.5, 0.6) is 0 Å². The van der Waals surface area contributed by atoms with E-state index in [1.807, 2.05) is 48.5 Å². The van der Waals surface area contributed by atoms with E-state index in [2.05, 4.69) is 16.0 Å².